The molecule has 4 aromatic heterocycles. The lowest BCUT2D eigenvalue weighted by molar-refractivity contribution is -0.643. The summed E-state index contributed by atoms with van der Waals surface area (Å²) >= 11 is 0. The van der Waals surface area contributed by atoms with Crippen LogP contribution in [0.5, 0.6) is 0 Å². The Labute approximate surface area is 169 Å². The Balaban J connectivity index is 2.01. The van der Waals surface area contributed by atoms with Crippen molar-refractivity contribution in [1.82, 2.24) is 9.38 Å². The van der Waals surface area contributed by atoms with Crippen LogP contribution in [-0.4, -0.2) is 9.38 Å². The molecular weight excluding hydrogens is 354 g/mol. The van der Waals surface area contributed by atoms with E-state index >= 15 is 0 Å². The fraction of sp³-hybridized carbons (Fsp3) is 0.231. The molecular formula is C26H24N3+. The van der Waals surface area contributed by atoms with Crippen molar-refractivity contribution < 1.29 is 4.57 Å². The van der Waals surface area contributed by atoms with E-state index in [1.165, 1.54) is 54.7 Å². The normalized spacial score (nSPS) is 12.6. The molecule has 0 amide bonds. The molecule has 29 heavy (non-hydrogen) atoms. The zero-order chi connectivity index (χ0) is 19.9. The highest BCUT2D eigenvalue weighted by Crippen LogP contribution is 2.40. The number of hydrogen-bond acceptors (Lipinski definition) is 1. The van der Waals surface area contributed by atoms with Crippen LogP contribution >= 0.6 is 0 Å². The van der Waals surface area contributed by atoms with E-state index in [1.807, 2.05) is 12.3 Å². The Morgan fingerprint density at radius 3 is 2.72 bits per heavy atom. The van der Waals surface area contributed by atoms with Gasteiger partial charge in [-0.2, -0.15) is 0 Å². The SMILES string of the molecule is Cc1ccc2c3ncccc3n3c4cc(CC(C)C)cc5cc[n+](C)c(c1c23)c54. The molecule has 0 saturated carbocycles. The summed E-state index contributed by atoms with van der Waals surface area (Å²) in [5.74, 6) is 0.625. The first-order chi connectivity index (χ1) is 14.0. The summed E-state index contributed by atoms with van der Waals surface area (Å²) in [7, 11) is 2.16. The Bertz CT molecular complexity index is 1570. The van der Waals surface area contributed by atoms with Crippen LogP contribution < -0.4 is 4.57 Å². The molecule has 2 aromatic carbocycles. The summed E-state index contributed by atoms with van der Waals surface area (Å²) in [6.45, 7) is 6.80. The van der Waals surface area contributed by atoms with Gasteiger partial charge < -0.3 is 4.40 Å². The molecule has 4 heterocycles. The number of hydrogen-bond donors (Lipinski definition) is 0. The van der Waals surface area contributed by atoms with Gasteiger partial charge in [0.25, 0.3) is 0 Å². The van der Waals surface area contributed by atoms with E-state index < -0.39 is 0 Å². The molecule has 3 nitrogen and oxygen atoms in total. The Hall–Kier alpha value is -3.20. The number of fused-ring (bicyclic) bond motifs is 5. The minimum absolute atomic E-state index is 0.625. The molecule has 0 saturated heterocycles. The lowest BCUT2D eigenvalue weighted by Crippen LogP contribution is -2.29. The maximum Gasteiger partial charge on any atom is 0.224 e. The second kappa shape index (κ2) is 5.66. The highest BCUT2D eigenvalue weighted by molar-refractivity contribution is 6.25. The first kappa shape index (κ1) is 16.7. The molecule has 6 aromatic rings. The van der Waals surface area contributed by atoms with Gasteiger partial charge in [-0.25, -0.2) is 4.57 Å². The second-order valence-corrected chi connectivity index (χ2v) is 8.81. The molecule has 6 rings (SSSR count). The van der Waals surface area contributed by atoms with Gasteiger partial charge >= 0.3 is 0 Å². The van der Waals surface area contributed by atoms with Crippen molar-refractivity contribution in [2.24, 2.45) is 13.0 Å². The average molecular weight is 378 g/mol. The van der Waals surface area contributed by atoms with E-state index in [2.05, 4.69) is 79.4 Å². The fourth-order valence-electron chi connectivity index (χ4n) is 5.18. The number of nitrogens with zero attached hydrogens (tertiary/aromatic N) is 3. The van der Waals surface area contributed by atoms with Crippen molar-refractivity contribution in [2.75, 3.05) is 0 Å². The summed E-state index contributed by atoms with van der Waals surface area (Å²) in [5, 5.41) is 5.22. The monoisotopic (exact) mass is 378 g/mol. The third kappa shape index (κ3) is 2.13. The minimum atomic E-state index is 0.625. The Kier molecular flexibility index (Phi) is 3.27. The molecule has 0 aliphatic carbocycles. The number of aromatic nitrogens is 3. The number of pyridine rings is 3. The molecule has 142 valence electrons. The maximum atomic E-state index is 4.77. The number of benzene rings is 2. The second-order valence-electron chi connectivity index (χ2n) is 8.81. The summed E-state index contributed by atoms with van der Waals surface area (Å²) in [6, 6.07) is 15.8. The van der Waals surface area contributed by atoms with Gasteiger partial charge in [0.15, 0.2) is 6.20 Å². The topological polar surface area (TPSA) is 21.2 Å². The predicted octanol–water partition coefficient (Wildman–Crippen LogP) is 5.72. The molecule has 0 N–H and O–H groups in total. The van der Waals surface area contributed by atoms with Crippen LogP contribution in [0.15, 0.2) is 54.9 Å². The van der Waals surface area contributed by atoms with Crippen LogP contribution in [0.3, 0.4) is 0 Å². The van der Waals surface area contributed by atoms with Gasteiger partial charge in [0.2, 0.25) is 5.52 Å². The maximum absolute atomic E-state index is 4.77. The van der Waals surface area contributed by atoms with E-state index in [9.17, 15) is 0 Å². The quantitative estimate of drug-likeness (QED) is 0.215. The van der Waals surface area contributed by atoms with E-state index in [1.54, 1.807) is 0 Å². The molecule has 0 aliphatic heterocycles. The molecule has 0 radical (unpaired) electrons. The van der Waals surface area contributed by atoms with Crippen molar-refractivity contribution in [3.8, 4) is 0 Å². The standard InChI is InChI=1S/C26H24N3/c1-15(2)12-17-13-18-9-11-28(4)26-22-16(3)7-8-19-24-20(6-5-10-27-24)29(25(19)22)21(14-17)23(18)26/h5-11,13-15H,12H2,1-4H3/q+1. The molecule has 0 atom stereocenters. The molecule has 0 unspecified atom stereocenters. The van der Waals surface area contributed by atoms with E-state index in [0.29, 0.717) is 5.92 Å². The lowest BCUT2D eigenvalue weighted by Gasteiger charge is -2.15. The summed E-state index contributed by atoms with van der Waals surface area (Å²) in [6.07, 6.45) is 5.19. The smallest absolute Gasteiger partial charge is 0.224 e. The number of aryl methyl sites for hydroxylation is 2. The zero-order valence-corrected chi connectivity index (χ0v) is 17.3. The van der Waals surface area contributed by atoms with Gasteiger partial charge in [0, 0.05) is 17.6 Å². The van der Waals surface area contributed by atoms with Gasteiger partial charge in [0.1, 0.15) is 7.05 Å². The largest absolute Gasteiger partial charge is 0.306 e. The first-order valence-electron chi connectivity index (χ1n) is 10.4. The zero-order valence-electron chi connectivity index (χ0n) is 17.3. The highest BCUT2D eigenvalue weighted by atomic mass is 15.0. The van der Waals surface area contributed by atoms with E-state index in [-0.39, 0.29) is 0 Å². The van der Waals surface area contributed by atoms with E-state index in [0.717, 1.165) is 11.9 Å². The average Bonchev–Trinajstić information content (AvgIpc) is 3.03. The van der Waals surface area contributed by atoms with Crippen molar-refractivity contribution in [3.05, 3.63) is 66.0 Å². The van der Waals surface area contributed by atoms with Crippen LogP contribution in [0.4, 0.5) is 0 Å². The van der Waals surface area contributed by atoms with Gasteiger partial charge in [0.05, 0.1) is 32.8 Å². The Morgan fingerprint density at radius 2 is 1.90 bits per heavy atom. The van der Waals surface area contributed by atoms with Gasteiger partial charge in [-0.15, -0.1) is 0 Å². The van der Waals surface area contributed by atoms with Crippen LogP contribution in [0.25, 0.3) is 49.1 Å². The molecule has 0 aliphatic rings. The molecule has 0 fully saturated rings. The van der Waals surface area contributed by atoms with Crippen LogP contribution in [0.1, 0.15) is 25.0 Å². The van der Waals surface area contributed by atoms with Gasteiger partial charge in [-0.1, -0.05) is 32.0 Å². The predicted molar refractivity (Wildman–Crippen MR) is 121 cm³/mol. The van der Waals surface area contributed by atoms with Gasteiger partial charge in [-0.3, -0.25) is 4.98 Å². The summed E-state index contributed by atoms with van der Waals surface area (Å²) < 4.78 is 4.74. The molecule has 0 bridgehead atoms. The first-order valence-corrected chi connectivity index (χ1v) is 10.4. The van der Waals surface area contributed by atoms with Crippen molar-refractivity contribution in [2.45, 2.75) is 27.2 Å². The van der Waals surface area contributed by atoms with Gasteiger partial charge in [-0.05, 0) is 54.0 Å². The van der Waals surface area contributed by atoms with Crippen molar-refractivity contribution in [3.63, 3.8) is 0 Å². The van der Waals surface area contributed by atoms with Crippen molar-refractivity contribution in [1.29, 1.82) is 0 Å². The highest BCUT2D eigenvalue weighted by Gasteiger charge is 2.24. The minimum Gasteiger partial charge on any atom is -0.306 e. The Morgan fingerprint density at radius 1 is 1.03 bits per heavy atom. The molecule has 3 heteroatoms. The third-order valence-electron chi connectivity index (χ3n) is 6.29. The lowest BCUT2D eigenvalue weighted by atomic mass is 9.96. The van der Waals surface area contributed by atoms with Crippen LogP contribution in [0.2, 0.25) is 0 Å². The summed E-state index contributed by atoms with van der Waals surface area (Å²) in [4.78, 5) is 4.77. The third-order valence-corrected chi connectivity index (χ3v) is 6.29. The summed E-state index contributed by atoms with van der Waals surface area (Å²) in [5.41, 5.74) is 8.87. The van der Waals surface area contributed by atoms with Crippen LogP contribution in [0, 0.1) is 12.8 Å². The number of rotatable bonds is 2. The fourth-order valence-corrected chi connectivity index (χ4v) is 5.18. The van der Waals surface area contributed by atoms with E-state index in [4.69, 9.17) is 4.98 Å². The molecule has 0 spiro atoms. The van der Waals surface area contributed by atoms with Crippen LogP contribution in [-0.2, 0) is 13.5 Å². The van der Waals surface area contributed by atoms with Crippen molar-refractivity contribution >= 4 is 49.1 Å².